The molecular formula is C31H31FN8O. The molecule has 10 heteroatoms. The van der Waals surface area contributed by atoms with Crippen molar-refractivity contribution in [2.45, 2.75) is 26.8 Å². The van der Waals surface area contributed by atoms with Gasteiger partial charge in [0.25, 0.3) is 5.91 Å². The number of nitriles is 1. The number of fused-ring (bicyclic) bond motifs is 2. The number of rotatable bonds is 4. The predicted octanol–water partition coefficient (Wildman–Crippen LogP) is 4.88. The molecule has 0 unspecified atom stereocenters. The lowest BCUT2D eigenvalue weighted by atomic mass is 10.00. The first-order chi connectivity index (χ1) is 19.8. The second-order valence-corrected chi connectivity index (χ2v) is 10.7. The smallest absolute Gasteiger partial charge is 0.257 e. The summed E-state index contributed by atoms with van der Waals surface area (Å²) >= 11 is 0. The molecule has 4 heterocycles. The summed E-state index contributed by atoms with van der Waals surface area (Å²) in [4.78, 5) is 21.9. The molecule has 1 saturated heterocycles. The molecule has 1 fully saturated rings. The van der Waals surface area contributed by atoms with E-state index in [0.717, 1.165) is 49.5 Å². The molecular weight excluding hydrogens is 519 g/mol. The van der Waals surface area contributed by atoms with Gasteiger partial charge in [-0.1, -0.05) is 6.07 Å². The van der Waals surface area contributed by atoms with Crippen molar-refractivity contribution in [2.24, 2.45) is 0 Å². The topological polar surface area (TPSA) is 102 Å². The Balaban J connectivity index is 1.28. The highest BCUT2D eigenvalue weighted by Crippen LogP contribution is 2.37. The number of pyridine rings is 1. The first-order valence-corrected chi connectivity index (χ1v) is 13.7. The molecule has 0 aliphatic carbocycles. The van der Waals surface area contributed by atoms with Gasteiger partial charge in [0.2, 0.25) is 0 Å². The average molecular weight is 551 g/mol. The van der Waals surface area contributed by atoms with E-state index in [2.05, 4.69) is 55.8 Å². The lowest BCUT2D eigenvalue weighted by Crippen LogP contribution is -2.44. The molecule has 2 aromatic carbocycles. The maximum Gasteiger partial charge on any atom is 0.257 e. The molecule has 2 aliphatic heterocycles. The van der Waals surface area contributed by atoms with Crippen LogP contribution in [-0.2, 0) is 13.0 Å². The van der Waals surface area contributed by atoms with E-state index in [0.29, 0.717) is 23.7 Å². The second-order valence-electron chi connectivity index (χ2n) is 10.7. The molecule has 0 atom stereocenters. The van der Waals surface area contributed by atoms with Crippen molar-refractivity contribution in [3.05, 3.63) is 82.3 Å². The molecule has 2 N–H and O–H groups in total. The molecule has 41 heavy (non-hydrogen) atoms. The zero-order valence-electron chi connectivity index (χ0n) is 23.3. The standard InChI is InChI=1S/C31H31FN8O/c1-19-15-24(26(32)17-23(19)31(41)36-28-6-4-5-20(2)34-28)29-25(18-33)30-35-27-8-7-22(39-13-11-38(3)12-14-39)16-21(27)9-10-40(30)37-29/h4-8,15-17,35H,9-14H2,1-3H3,(H,34,36,41). The van der Waals surface area contributed by atoms with Crippen molar-refractivity contribution < 1.29 is 9.18 Å². The highest BCUT2D eigenvalue weighted by molar-refractivity contribution is 6.05. The summed E-state index contributed by atoms with van der Waals surface area (Å²) in [5, 5.41) is 20.9. The van der Waals surface area contributed by atoms with Crippen LogP contribution in [0.4, 0.5) is 27.4 Å². The fourth-order valence-electron chi connectivity index (χ4n) is 5.47. The van der Waals surface area contributed by atoms with Crippen molar-refractivity contribution in [3.8, 4) is 17.3 Å². The number of amides is 1. The summed E-state index contributed by atoms with van der Waals surface area (Å²) < 4.78 is 17.3. The minimum absolute atomic E-state index is 0.178. The lowest BCUT2D eigenvalue weighted by molar-refractivity contribution is 0.102. The number of hydrogen-bond acceptors (Lipinski definition) is 7. The Labute approximate surface area is 238 Å². The number of nitrogens with zero attached hydrogens (tertiary/aromatic N) is 6. The monoisotopic (exact) mass is 550 g/mol. The summed E-state index contributed by atoms with van der Waals surface area (Å²) in [6.07, 6.45) is 0.719. The van der Waals surface area contributed by atoms with Gasteiger partial charge in [0.15, 0.2) is 0 Å². The Kier molecular flexibility index (Phi) is 6.89. The van der Waals surface area contributed by atoms with Crippen LogP contribution >= 0.6 is 0 Å². The summed E-state index contributed by atoms with van der Waals surface area (Å²) in [5.74, 6) is -0.148. The van der Waals surface area contributed by atoms with Gasteiger partial charge in [0.05, 0.1) is 0 Å². The van der Waals surface area contributed by atoms with Crippen LogP contribution in [0.2, 0.25) is 0 Å². The van der Waals surface area contributed by atoms with E-state index in [4.69, 9.17) is 0 Å². The van der Waals surface area contributed by atoms with E-state index >= 15 is 4.39 Å². The number of nitrogens with one attached hydrogen (secondary N) is 2. The number of piperazine rings is 1. The molecule has 208 valence electrons. The molecule has 4 aromatic rings. The van der Waals surface area contributed by atoms with E-state index in [1.165, 1.54) is 11.8 Å². The van der Waals surface area contributed by atoms with Crippen LogP contribution in [0, 0.1) is 31.0 Å². The van der Waals surface area contributed by atoms with E-state index in [-0.39, 0.29) is 22.4 Å². The van der Waals surface area contributed by atoms with Crippen molar-refractivity contribution in [2.75, 3.05) is 48.8 Å². The third-order valence-corrected chi connectivity index (χ3v) is 7.81. The van der Waals surface area contributed by atoms with Gasteiger partial charge in [-0.3, -0.25) is 4.79 Å². The summed E-state index contributed by atoms with van der Waals surface area (Å²) in [7, 11) is 2.14. The Morgan fingerprint density at radius 1 is 1.07 bits per heavy atom. The number of aryl methyl sites for hydroxylation is 4. The summed E-state index contributed by atoms with van der Waals surface area (Å²) in [5.41, 5.74) is 5.47. The SMILES string of the molecule is Cc1cccc(NC(=O)c2cc(F)c(-c3nn4c(c3C#N)Nc3ccc(N5CCN(C)CC5)cc3CC4)cc2C)n1. The van der Waals surface area contributed by atoms with Crippen LogP contribution in [0.15, 0.2) is 48.5 Å². The number of anilines is 4. The average Bonchev–Trinajstić information content (AvgIpc) is 3.20. The van der Waals surface area contributed by atoms with Gasteiger partial charge in [0, 0.05) is 60.9 Å². The highest BCUT2D eigenvalue weighted by Gasteiger charge is 2.26. The zero-order valence-corrected chi connectivity index (χ0v) is 23.3. The molecule has 0 radical (unpaired) electrons. The van der Waals surface area contributed by atoms with Crippen LogP contribution in [0.25, 0.3) is 11.3 Å². The molecule has 2 aliphatic rings. The van der Waals surface area contributed by atoms with E-state index < -0.39 is 11.7 Å². The van der Waals surface area contributed by atoms with Gasteiger partial charge in [-0.05, 0) is 80.9 Å². The maximum absolute atomic E-state index is 15.5. The molecule has 0 bridgehead atoms. The van der Waals surface area contributed by atoms with Gasteiger partial charge in [-0.25, -0.2) is 14.1 Å². The Morgan fingerprint density at radius 3 is 2.63 bits per heavy atom. The van der Waals surface area contributed by atoms with Gasteiger partial charge in [-0.2, -0.15) is 10.4 Å². The van der Waals surface area contributed by atoms with Crippen LogP contribution in [0.5, 0.6) is 0 Å². The highest BCUT2D eigenvalue weighted by atomic mass is 19.1. The van der Waals surface area contributed by atoms with Crippen LogP contribution < -0.4 is 15.5 Å². The lowest BCUT2D eigenvalue weighted by Gasteiger charge is -2.34. The fraction of sp³-hybridized carbons (Fsp3) is 0.290. The number of aromatic nitrogens is 3. The van der Waals surface area contributed by atoms with Gasteiger partial charge in [-0.15, -0.1) is 0 Å². The first-order valence-electron chi connectivity index (χ1n) is 13.7. The third kappa shape index (κ3) is 5.12. The van der Waals surface area contributed by atoms with Crippen molar-refractivity contribution in [1.82, 2.24) is 19.7 Å². The minimum atomic E-state index is -0.625. The largest absolute Gasteiger partial charge is 0.369 e. The number of hydrogen-bond donors (Lipinski definition) is 2. The molecule has 0 spiro atoms. The van der Waals surface area contributed by atoms with Crippen molar-refractivity contribution in [1.29, 1.82) is 5.26 Å². The Morgan fingerprint density at radius 2 is 1.88 bits per heavy atom. The van der Waals surface area contributed by atoms with Crippen molar-refractivity contribution >= 4 is 28.9 Å². The van der Waals surface area contributed by atoms with Crippen LogP contribution in [0.3, 0.4) is 0 Å². The number of likely N-dealkylation sites (N-methyl/N-ethyl adjacent to an activating group) is 1. The number of benzene rings is 2. The molecule has 2 aromatic heterocycles. The van der Waals surface area contributed by atoms with Gasteiger partial charge < -0.3 is 20.4 Å². The summed E-state index contributed by atoms with van der Waals surface area (Å²) in [6, 6.07) is 16.7. The minimum Gasteiger partial charge on any atom is -0.369 e. The van der Waals surface area contributed by atoms with E-state index in [9.17, 15) is 10.1 Å². The number of halogens is 1. The van der Waals surface area contributed by atoms with Gasteiger partial charge in [0.1, 0.15) is 34.8 Å². The Hall–Kier alpha value is -4.75. The molecule has 0 saturated carbocycles. The number of carbonyl (C=O) groups excluding carboxylic acids is 1. The molecule has 9 nitrogen and oxygen atoms in total. The zero-order chi connectivity index (χ0) is 28.7. The molecule has 6 rings (SSSR count). The molecule has 1 amide bonds. The Bertz CT molecular complexity index is 1700. The first kappa shape index (κ1) is 26.5. The maximum atomic E-state index is 15.5. The van der Waals surface area contributed by atoms with E-state index in [1.807, 2.05) is 19.1 Å². The predicted molar refractivity (Wildman–Crippen MR) is 157 cm³/mol. The second kappa shape index (κ2) is 10.7. The third-order valence-electron chi connectivity index (χ3n) is 7.81. The van der Waals surface area contributed by atoms with Crippen LogP contribution in [0.1, 0.15) is 32.7 Å². The quantitative estimate of drug-likeness (QED) is 0.374. The van der Waals surface area contributed by atoms with Crippen molar-refractivity contribution in [3.63, 3.8) is 0 Å². The number of carbonyl (C=O) groups is 1. The van der Waals surface area contributed by atoms with E-state index in [1.54, 1.807) is 29.8 Å². The van der Waals surface area contributed by atoms with Crippen LogP contribution in [-0.4, -0.2) is 58.8 Å². The van der Waals surface area contributed by atoms with Gasteiger partial charge >= 0.3 is 0 Å². The normalized spacial score (nSPS) is 14.9. The summed E-state index contributed by atoms with van der Waals surface area (Å²) in [6.45, 7) is 8.14. The fourth-order valence-corrected chi connectivity index (χ4v) is 5.47.